The number of hydrogen-bond acceptors (Lipinski definition) is 3. The van der Waals surface area contributed by atoms with Gasteiger partial charge in [0.1, 0.15) is 5.75 Å². The van der Waals surface area contributed by atoms with Gasteiger partial charge in [0.05, 0.1) is 6.61 Å². The SMILES string of the molecule is CCOC(=O)C=Cc1ccc(OC(F)(F)[C@H](F)C(F)(F)F)cc1. The molecule has 0 amide bonds. The minimum absolute atomic E-state index is 0.175. The maximum absolute atomic E-state index is 13.0. The molecule has 1 rings (SSSR count). The van der Waals surface area contributed by atoms with Crippen molar-refractivity contribution in [1.82, 2.24) is 0 Å². The summed E-state index contributed by atoms with van der Waals surface area (Å²) in [5.41, 5.74) is 0.376. The van der Waals surface area contributed by atoms with E-state index in [1.54, 1.807) is 6.92 Å². The van der Waals surface area contributed by atoms with Gasteiger partial charge in [-0.3, -0.25) is 0 Å². The van der Waals surface area contributed by atoms with E-state index >= 15 is 0 Å². The first-order valence-electron chi connectivity index (χ1n) is 6.28. The van der Waals surface area contributed by atoms with Gasteiger partial charge < -0.3 is 9.47 Å². The Balaban J connectivity index is 2.76. The first-order chi connectivity index (χ1) is 10.6. The van der Waals surface area contributed by atoms with E-state index in [-0.39, 0.29) is 6.61 Å². The largest absolute Gasteiger partial charge is 0.463 e. The average molecular weight is 342 g/mol. The lowest BCUT2D eigenvalue weighted by Gasteiger charge is -2.23. The molecule has 1 aromatic carbocycles. The average Bonchev–Trinajstić information content (AvgIpc) is 2.45. The Kier molecular flexibility index (Phi) is 6.05. The highest BCUT2D eigenvalue weighted by Crippen LogP contribution is 2.36. The van der Waals surface area contributed by atoms with Gasteiger partial charge in [-0.1, -0.05) is 12.1 Å². The van der Waals surface area contributed by atoms with Crippen LogP contribution in [0.3, 0.4) is 0 Å². The van der Waals surface area contributed by atoms with E-state index < -0.39 is 30.2 Å². The van der Waals surface area contributed by atoms with Gasteiger partial charge in [0.2, 0.25) is 0 Å². The molecule has 128 valence electrons. The van der Waals surface area contributed by atoms with Gasteiger partial charge in [0.25, 0.3) is 6.17 Å². The second-order valence-electron chi connectivity index (χ2n) is 4.22. The summed E-state index contributed by atoms with van der Waals surface area (Å²) in [6, 6.07) is 4.23. The highest BCUT2D eigenvalue weighted by atomic mass is 19.4. The van der Waals surface area contributed by atoms with E-state index in [1.165, 1.54) is 18.2 Å². The standard InChI is InChI=1S/C14H12F6O3/c1-2-22-11(21)8-5-9-3-6-10(7-4-9)23-14(19,20)12(15)13(16,17)18/h3-8,12H,2H2,1H3/t12-/m1/s1. The molecule has 1 atom stereocenters. The number of hydrogen-bond donors (Lipinski definition) is 0. The van der Waals surface area contributed by atoms with Crippen molar-refractivity contribution in [3.8, 4) is 5.75 Å². The molecule has 0 saturated heterocycles. The zero-order valence-corrected chi connectivity index (χ0v) is 11.7. The van der Waals surface area contributed by atoms with Crippen molar-refractivity contribution in [2.24, 2.45) is 0 Å². The van der Waals surface area contributed by atoms with E-state index in [1.807, 2.05) is 0 Å². The van der Waals surface area contributed by atoms with Gasteiger partial charge in [-0.25, -0.2) is 9.18 Å². The summed E-state index contributed by atoms with van der Waals surface area (Å²) in [5.74, 6) is -1.28. The molecule has 0 aromatic heterocycles. The summed E-state index contributed by atoms with van der Waals surface area (Å²) in [7, 11) is 0. The lowest BCUT2D eigenvalue weighted by atomic mass is 10.2. The zero-order chi connectivity index (χ0) is 17.7. The fraction of sp³-hybridized carbons (Fsp3) is 0.357. The molecule has 0 fully saturated rings. The van der Waals surface area contributed by atoms with Crippen molar-refractivity contribution in [2.75, 3.05) is 6.61 Å². The molecule has 3 nitrogen and oxygen atoms in total. The Hall–Kier alpha value is -2.19. The predicted molar refractivity (Wildman–Crippen MR) is 68.6 cm³/mol. The second-order valence-corrected chi connectivity index (χ2v) is 4.22. The van der Waals surface area contributed by atoms with Crippen LogP contribution in [0.4, 0.5) is 26.3 Å². The molecule has 0 unspecified atom stereocenters. The molecule has 0 aliphatic heterocycles. The lowest BCUT2D eigenvalue weighted by molar-refractivity contribution is -0.304. The maximum atomic E-state index is 13.0. The monoisotopic (exact) mass is 342 g/mol. The van der Waals surface area contributed by atoms with Crippen molar-refractivity contribution >= 4 is 12.0 Å². The zero-order valence-electron chi connectivity index (χ0n) is 11.7. The third-order valence-corrected chi connectivity index (χ3v) is 2.41. The van der Waals surface area contributed by atoms with Crippen LogP contribution in [0.25, 0.3) is 6.08 Å². The Morgan fingerprint density at radius 3 is 2.22 bits per heavy atom. The van der Waals surface area contributed by atoms with Crippen molar-refractivity contribution in [3.05, 3.63) is 35.9 Å². The Morgan fingerprint density at radius 2 is 1.74 bits per heavy atom. The topological polar surface area (TPSA) is 35.5 Å². The molecule has 0 heterocycles. The molecular weight excluding hydrogens is 330 g/mol. The minimum Gasteiger partial charge on any atom is -0.463 e. The quantitative estimate of drug-likeness (QED) is 0.443. The third-order valence-electron chi connectivity index (χ3n) is 2.41. The van der Waals surface area contributed by atoms with Crippen LogP contribution in [0.2, 0.25) is 0 Å². The number of esters is 1. The van der Waals surface area contributed by atoms with E-state index in [9.17, 15) is 31.1 Å². The summed E-state index contributed by atoms with van der Waals surface area (Å²) >= 11 is 0. The fourth-order valence-electron chi connectivity index (χ4n) is 1.40. The highest BCUT2D eigenvalue weighted by Gasteiger charge is 2.59. The van der Waals surface area contributed by atoms with Gasteiger partial charge in [-0.15, -0.1) is 0 Å². The van der Waals surface area contributed by atoms with Gasteiger partial charge in [-0.2, -0.15) is 22.0 Å². The van der Waals surface area contributed by atoms with Crippen LogP contribution in [0.1, 0.15) is 12.5 Å². The van der Waals surface area contributed by atoms with E-state index in [0.29, 0.717) is 5.56 Å². The third kappa shape index (κ3) is 5.84. The van der Waals surface area contributed by atoms with Crippen LogP contribution in [0, 0.1) is 0 Å². The van der Waals surface area contributed by atoms with Crippen LogP contribution in [-0.4, -0.2) is 31.0 Å². The number of ether oxygens (including phenoxy) is 2. The molecule has 0 N–H and O–H groups in total. The van der Waals surface area contributed by atoms with E-state index in [0.717, 1.165) is 18.2 Å². The first-order valence-corrected chi connectivity index (χ1v) is 6.28. The number of benzene rings is 1. The number of rotatable bonds is 6. The van der Waals surface area contributed by atoms with Crippen LogP contribution in [-0.2, 0) is 9.53 Å². The van der Waals surface area contributed by atoms with Crippen LogP contribution in [0.15, 0.2) is 30.3 Å². The van der Waals surface area contributed by atoms with Crippen molar-refractivity contribution in [2.45, 2.75) is 25.4 Å². The predicted octanol–water partition coefficient (Wildman–Crippen LogP) is 4.13. The molecule has 0 aliphatic carbocycles. The van der Waals surface area contributed by atoms with Crippen LogP contribution in [0.5, 0.6) is 5.75 Å². The summed E-state index contributed by atoms with van der Waals surface area (Å²) in [6.07, 6.45) is -12.9. The van der Waals surface area contributed by atoms with Gasteiger partial charge in [0, 0.05) is 6.08 Å². The number of carbonyl (C=O) groups is 1. The number of alkyl halides is 6. The lowest BCUT2D eigenvalue weighted by Crippen LogP contribution is -2.45. The summed E-state index contributed by atoms with van der Waals surface area (Å²) in [6.45, 7) is 1.78. The summed E-state index contributed by atoms with van der Waals surface area (Å²) in [5, 5.41) is 0. The van der Waals surface area contributed by atoms with Crippen molar-refractivity contribution in [3.63, 3.8) is 0 Å². The normalized spacial score (nSPS) is 13.9. The molecule has 0 radical (unpaired) electrons. The molecule has 23 heavy (non-hydrogen) atoms. The Bertz CT molecular complexity index is 551. The number of carbonyl (C=O) groups excluding carboxylic acids is 1. The van der Waals surface area contributed by atoms with E-state index in [2.05, 4.69) is 9.47 Å². The molecule has 1 aromatic rings. The van der Waals surface area contributed by atoms with Crippen molar-refractivity contribution < 1.29 is 40.6 Å². The van der Waals surface area contributed by atoms with Gasteiger partial charge in [-0.05, 0) is 30.7 Å². The van der Waals surface area contributed by atoms with Crippen LogP contribution >= 0.6 is 0 Å². The fourth-order valence-corrected chi connectivity index (χ4v) is 1.40. The smallest absolute Gasteiger partial charge is 0.439 e. The maximum Gasteiger partial charge on any atom is 0.439 e. The molecule has 0 bridgehead atoms. The number of halogens is 6. The van der Waals surface area contributed by atoms with Crippen LogP contribution < -0.4 is 4.74 Å². The summed E-state index contributed by atoms with van der Waals surface area (Å²) in [4.78, 5) is 11.1. The van der Waals surface area contributed by atoms with Gasteiger partial charge >= 0.3 is 18.3 Å². The Morgan fingerprint density at radius 1 is 1.17 bits per heavy atom. The molecule has 0 aliphatic rings. The van der Waals surface area contributed by atoms with Gasteiger partial charge in [0.15, 0.2) is 0 Å². The minimum atomic E-state index is -5.74. The second kappa shape index (κ2) is 7.38. The molecule has 0 spiro atoms. The molecular formula is C14H12F6O3. The van der Waals surface area contributed by atoms with E-state index in [4.69, 9.17) is 0 Å². The molecule has 0 saturated carbocycles. The van der Waals surface area contributed by atoms with Crippen molar-refractivity contribution in [1.29, 1.82) is 0 Å². The first kappa shape index (κ1) is 18.9. The summed E-state index contributed by atoms with van der Waals surface area (Å²) < 4.78 is 83.0. The highest BCUT2D eigenvalue weighted by molar-refractivity contribution is 5.87. The Labute approximate surface area is 127 Å². The molecule has 9 heteroatoms.